The van der Waals surface area contributed by atoms with Gasteiger partial charge in [-0.2, -0.15) is 0 Å². The Kier molecular flexibility index (Phi) is 6.42. The molecule has 2 unspecified atom stereocenters. The van der Waals surface area contributed by atoms with Crippen LogP contribution < -0.4 is 5.32 Å². The van der Waals surface area contributed by atoms with Gasteiger partial charge in [-0.1, -0.05) is 29.8 Å². The summed E-state index contributed by atoms with van der Waals surface area (Å²) in [6, 6.07) is 5.51. The van der Waals surface area contributed by atoms with E-state index in [0.717, 1.165) is 16.7 Å². The Morgan fingerprint density at radius 3 is 2.80 bits per heavy atom. The molecule has 110 valence electrons. The van der Waals surface area contributed by atoms with Crippen LogP contribution in [-0.4, -0.2) is 30.8 Å². The second kappa shape index (κ2) is 7.82. The number of carbonyl (C=O) groups excluding carboxylic acids is 1. The highest BCUT2D eigenvalue weighted by Crippen LogP contribution is 2.24. The van der Waals surface area contributed by atoms with Gasteiger partial charge in [0.2, 0.25) is 0 Å². The minimum atomic E-state index is -0.769. The molecule has 0 saturated heterocycles. The van der Waals surface area contributed by atoms with E-state index in [1.54, 1.807) is 6.08 Å². The summed E-state index contributed by atoms with van der Waals surface area (Å²) in [4.78, 5) is 11.5. The van der Waals surface area contributed by atoms with Crippen LogP contribution in [0.5, 0.6) is 0 Å². The highest BCUT2D eigenvalue weighted by atomic mass is 16.5. The fourth-order valence-electron chi connectivity index (χ4n) is 2.09. The highest BCUT2D eigenvalue weighted by molar-refractivity contribution is 5.70. The van der Waals surface area contributed by atoms with E-state index >= 15 is 0 Å². The predicted octanol–water partition coefficient (Wildman–Crippen LogP) is 2.04. The van der Waals surface area contributed by atoms with E-state index in [1.807, 2.05) is 32.0 Å². The molecule has 0 aliphatic heterocycles. The van der Waals surface area contributed by atoms with Crippen molar-refractivity contribution in [2.75, 3.05) is 13.7 Å². The molecule has 0 amide bonds. The molecule has 2 atom stereocenters. The van der Waals surface area contributed by atoms with Gasteiger partial charge in [0, 0.05) is 12.6 Å². The summed E-state index contributed by atoms with van der Waals surface area (Å²) < 4.78 is 4.68. The second-order valence-electron chi connectivity index (χ2n) is 4.89. The van der Waals surface area contributed by atoms with Crippen LogP contribution in [0.25, 0.3) is 0 Å². The van der Waals surface area contributed by atoms with Crippen molar-refractivity contribution in [3.05, 3.63) is 47.5 Å². The van der Waals surface area contributed by atoms with Gasteiger partial charge in [0.25, 0.3) is 0 Å². The lowest BCUT2D eigenvalue weighted by atomic mass is 9.94. The first-order valence-electron chi connectivity index (χ1n) is 6.66. The molecule has 0 saturated carbocycles. The lowest BCUT2D eigenvalue weighted by Gasteiger charge is -2.24. The van der Waals surface area contributed by atoms with Crippen LogP contribution >= 0.6 is 0 Å². The number of hydrogen-bond acceptors (Lipinski definition) is 4. The summed E-state index contributed by atoms with van der Waals surface area (Å²) >= 11 is 0. The highest BCUT2D eigenvalue weighted by Gasteiger charge is 2.24. The number of rotatable bonds is 7. The van der Waals surface area contributed by atoms with Crippen molar-refractivity contribution in [1.82, 2.24) is 5.32 Å². The van der Waals surface area contributed by atoms with Gasteiger partial charge in [0.05, 0.1) is 19.6 Å². The minimum Gasteiger partial charge on any atom is -0.469 e. The molecule has 0 aliphatic carbocycles. The Morgan fingerprint density at radius 1 is 1.50 bits per heavy atom. The van der Waals surface area contributed by atoms with Gasteiger partial charge in [0.1, 0.15) is 0 Å². The van der Waals surface area contributed by atoms with Crippen LogP contribution in [-0.2, 0) is 9.53 Å². The first-order valence-corrected chi connectivity index (χ1v) is 6.66. The molecule has 0 bridgehead atoms. The van der Waals surface area contributed by atoms with Gasteiger partial charge in [-0.15, -0.1) is 6.58 Å². The molecule has 2 N–H and O–H groups in total. The van der Waals surface area contributed by atoms with Crippen LogP contribution in [0.15, 0.2) is 30.9 Å². The van der Waals surface area contributed by atoms with Crippen molar-refractivity contribution in [2.24, 2.45) is 0 Å². The fourth-order valence-corrected chi connectivity index (χ4v) is 2.09. The first-order chi connectivity index (χ1) is 9.49. The van der Waals surface area contributed by atoms with E-state index < -0.39 is 12.1 Å². The second-order valence-corrected chi connectivity index (χ2v) is 4.89. The molecule has 1 aromatic rings. The summed E-state index contributed by atoms with van der Waals surface area (Å²) in [5, 5.41) is 13.7. The van der Waals surface area contributed by atoms with Crippen molar-refractivity contribution in [2.45, 2.75) is 32.4 Å². The number of aliphatic hydroxyl groups is 1. The van der Waals surface area contributed by atoms with Crippen LogP contribution in [0, 0.1) is 13.8 Å². The van der Waals surface area contributed by atoms with Crippen molar-refractivity contribution < 1.29 is 14.6 Å². The number of esters is 1. The zero-order valence-corrected chi connectivity index (χ0v) is 12.3. The third kappa shape index (κ3) is 4.47. The number of ether oxygens (including phenoxy) is 1. The monoisotopic (exact) mass is 277 g/mol. The summed E-state index contributed by atoms with van der Waals surface area (Å²) in [5.74, 6) is -0.351. The molecule has 4 nitrogen and oxygen atoms in total. The van der Waals surface area contributed by atoms with Crippen LogP contribution in [0.3, 0.4) is 0 Å². The molecule has 0 aliphatic rings. The first kappa shape index (κ1) is 16.4. The molecule has 0 aromatic heterocycles. The standard InChI is InChI=1S/C16H23NO3/c1-5-8-17-14(10-15(18)20-4)16(19)13-9-11(2)6-7-12(13)3/h5-7,9,14,16-17,19H,1,8,10H2,2-4H3. The number of nitrogens with one attached hydrogen (secondary N) is 1. The van der Waals surface area contributed by atoms with Crippen molar-refractivity contribution in [3.8, 4) is 0 Å². The molecule has 0 fully saturated rings. The van der Waals surface area contributed by atoms with Gasteiger partial charge in [-0.25, -0.2) is 0 Å². The Morgan fingerprint density at radius 2 is 2.20 bits per heavy atom. The zero-order chi connectivity index (χ0) is 15.1. The lowest BCUT2D eigenvalue weighted by Crippen LogP contribution is -2.37. The summed E-state index contributed by atoms with van der Waals surface area (Å²) in [6.45, 7) is 8.07. The Hall–Kier alpha value is -1.65. The molecule has 4 heteroatoms. The smallest absolute Gasteiger partial charge is 0.307 e. The van der Waals surface area contributed by atoms with Crippen molar-refractivity contribution in [1.29, 1.82) is 0 Å². The molecule has 1 aromatic carbocycles. The Balaban J connectivity index is 2.95. The number of aryl methyl sites for hydroxylation is 2. The fraction of sp³-hybridized carbons (Fsp3) is 0.438. The summed E-state index contributed by atoms with van der Waals surface area (Å²) in [7, 11) is 1.34. The number of hydrogen-bond donors (Lipinski definition) is 2. The molecular weight excluding hydrogens is 254 g/mol. The van der Waals surface area contributed by atoms with E-state index in [9.17, 15) is 9.90 Å². The molecule has 0 radical (unpaired) electrons. The van der Waals surface area contributed by atoms with E-state index in [-0.39, 0.29) is 12.4 Å². The number of benzene rings is 1. The SMILES string of the molecule is C=CCNC(CC(=O)OC)C(O)c1cc(C)ccc1C. The topological polar surface area (TPSA) is 58.6 Å². The minimum absolute atomic E-state index is 0.110. The average molecular weight is 277 g/mol. The maximum absolute atomic E-state index is 11.5. The normalized spacial score (nSPS) is 13.6. The van der Waals surface area contributed by atoms with Gasteiger partial charge in [-0.05, 0) is 25.0 Å². The zero-order valence-electron chi connectivity index (χ0n) is 12.3. The third-order valence-corrected chi connectivity index (χ3v) is 3.27. The number of methoxy groups -OCH3 is 1. The average Bonchev–Trinajstić information content (AvgIpc) is 2.44. The Bertz CT molecular complexity index is 471. The molecule has 0 spiro atoms. The molecule has 1 rings (SSSR count). The van der Waals surface area contributed by atoms with E-state index in [2.05, 4.69) is 16.6 Å². The summed E-state index contributed by atoms with van der Waals surface area (Å²) in [5.41, 5.74) is 2.90. The Labute approximate surface area is 120 Å². The van der Waals surface area contributed by atoms with E-state index in [4.69, 9.17) is 0 Å². The van der Waals surface area contributed by atoms with Crippen molar-refractivity contribution >= 4 is 5.97 Å². The van der Waals surface area contributed by atoms with E-state index in [0.29, 0.717) is 6.54 Å². The lowest BCUT2D eigenvalue weighted by molar-refractivity contribution is -0.142. The van der Waals surface area contributed by atoms with Crippen LogP contribution in [0.1, 0.15) is 29.2 Å². The maximum atomic E-state index is 11.5. The largest absolute Gasteiger partial charge is 0.469 e. The third-order valence-electron chi connectivity index (χ3n) is 3.27. The van der Waals surface area contributed by atoms with Crippen LogP contribution in [0.4, 0.5) is 0 Å². The number of aliphatic hydroxyl groups excluding tert-OH is 1. The molecule has 20 heavy (non-hydrogen) atoms. The van der Waals surface area contributed by atoms with Gasteiger partial charge < -0.3 is 15.2 Å². The maximum Gasteiger partial charge on any atom is 0.307 e. The summed E-state index contributed by atoms with van der Waals surface area (Å²) in [6.07, 6.45) is 1.04. The predicted molar refractivity (Wildman–Crippen MR) is 79.5 cm³/mol. The van der Waals surface area contributed by atoms with Crippen LogP contribution in [0.2, 0.25) is 0 Å². The number of carbonyl (C=O) groups is 1. The van der Waals surface area contributed by atoms with Crippen molar-refractivity contribution in [3.63, 3.8) is 0 Å². The molecular formula is C16H23NO3. The molecule has 0 heterocycles. The van der Waals surface area contributed by atoms with Gasteiger partial charge >= 0.3 is 5.97 Å². The quantitative estimate of drug-likeness (QED) is 0.591. The van der Waals surface area contributed by atoms with E-state index in [1.165, 1.54) is 7.11 Å². The van der Waals surface area contributed by atoms with Gasteiger partial charge in [-0.3, -0.25) is 4.79 Å². The van der Waals surface area contributed by atoms with Gasteiger partial charge in [0.15, 0.2) is 0 Å².